The summed E-state index contributed by atoms with van der Waals surface area (Å²) in [5.41, 5.74) is 1.20. The van der Waals surface area contributed by atoms with Crippen molar-refractivity contribution in [2.75, 3.05) is 0 Å². The maximum atomic E-state index is 10.0. The molecule has 0 amide bonds. The molecule has 0 aromatic carbocycles. The molecule has 3 heteroatoms. The lowest BCUT2D eigenvalue weighted by atomic mass is 9.80. The monoisotopic (exact) mass is 265 g/mol. The van der Waals surface area contributed by atoms with Crippen LogP contribution in [0.5, 0.6) is 0 Å². The molecule has 100 valence electrons. The van der Waals surface area contributed by atoms with E-state index >= 15 is 0 Å². The molecule has 0 bridgehead atoms. The maximum Gasteiger partial charge on any atom is 0.0963 e. The van der Waals surface area contributed by atoms with Crippen molar-refractivity contribution in [3.63, 3.8) is 0 Å². The second-order valence-corrected chi connectivity index (χ2v) is 6.97. The molecular weight excluding hydrogens is 242 g/mol. The lowest BCUT2D eigenvalue weighted by molar-refractivity contribution is 0.160. The van der Waals surface area contributed by atoms with Crippen LogP contribution < -0.4 is 0 Å². The number of hydrogen-bond donors (Lipinski definition) is 1. The van der Waals surface area contributed by atoms with Gasteiger partial charge in [-0.3, -0.25) is 0 Å². The highest BCUT2D eigenvalue weighted by molar-refractivity contribution is 7.11. The van der Waals surface area contributed by atoms with Gasteiger partial charge in [0.1, 0.15) is 0 Å². The zero-order chi connectivity index (χ0) is 12.5. The summed E-state index contributed by atoms with van der Waals surface area (Å²) in [6.45, 7) is 2.31. The van der Waals surface area contributed by atoms with Crippen LogP contribution in [0.25, 0.3) is 0 Å². The molecule has 1 heterocycles. The molecule has 1 aromatic heterocycles. The minimum absolute atomic E-state index is 0.231. The van der Waals surface area contributed by atoms with Gasteiger partial charge in [-0.2, -0.15) is 0 Å². The highest BCUT2D eigenvalue weighted by Crippen LogP contribution is 2.42. The average Bonchev–Trinajstić information content (AvgIpc) is 2.84. The van der Waals surface area contributed by atoms with E-state index in [1.54, 1.807) is 11.3 Å². The standard InChI is InChI=1S/C15H23NOS/c1-2-10-5-3-6-11(9-10)15-16-12-7-4-8-13(17)14(12)18-15/h10-11,13,17H,2-9H2,1H3. The van der Waals surface area contributed by atoms with Gasteiger partial charge in [-0.15, -0.1) is 11.3 Å². The quantitative estimate of drug-likeness (QED) is 0.869. The van der Waals surface area contributed by atoms with Crippen molar-refractivity contribution in [1.82, 2.24) is 4.98 Å². The fraction of sp³-hybridized carbons (Fsp3) is 0.800. The van der Waals surface area contributed by atoms with E-state index in [1.807, 2.05) is 0 Å². The Labute approximate surface area is 113 Å². The van der Waals surface area contributed by atoms with E-state index in [-0.39, 0.29) is 6.10 Å². The first-order valence-corrected chi connectivity index (χ1v) is 8.27. The highest BCUT2D eigenvalue weighted by atomic mass is 32.1. The highest BCUT2D eigenvalue weighted by Gasteiger charge is 2.28. The van der Waals surface area contributed by atoms with Gasteiger partial charge in [0.25, 0.3) is 0 Å². The van der Waals surface area contributed by atoms with Gasteiger partial charge in [0.05, 0.1) is 21.7 Å². The molecule has 0 aliphatic heterocycles. The van der Waals surface area contributed by atoms with Gasteiger partial charge in [-0.25, -0.2) is 4.98 Å². The van der Waals surface area contributed by atoms with Crippen molar-refractivity contribution in [3.05, 3.63) is 15.6 Å². The summed E-state index contributed by atoms with van der Waals surface area (Å²) in [5.74, 6) is 1.57. The fourth-order valence-electron chi connectivity index (χ4n) is 3.48. The first kappa shape index (κ1) is 12.6. The fourth-order valence-corrected chi connectivity index (χ4v) is 4.76. The SMILES string of the molecule is CCC1CCCC(c2nc3c(s2)C(O)CCC3)C1. The van der Waals surface area contributed by atoms with Crippen LogP contribution in [0.3, 0.4) is 0 Å². The second kappa shape index (κ2) is 5.30. The Kier molecular flexibility index (Phi) is 3.71. The minimum atomic E-state index is -0.231. The van der Waals surface area contributed by atoms with Crippen LogP contribution in [-0.4, -0.2) is 10.1 Å². The van der Waals surface area contributed by atoms with Crippen molar-refractivity contribution >= 4 is 11.3 Å². The summed E-state index contributed by atoms with van der Waals surface area (Å²) < 4.78 is 0. The Morgan fingerprint density at radius 1 is 1.28 bits per heavy atom. The number of aliphatic hydroxyl groups excluding tert-OH is 1. The Morgan fingerprint density at radius 3 is 2.94 bits per heavy atom. The van der Waals surface area contributed by atoms with E-state index in [4.69, 9.17) is 4.98 Å². The molecule has 0 saturated heterocycles. The van der Waals surface area contributed by atoms with Crippen LogP contribution in [0.15, 0.2) is 0 Å². The van der Waals surface area contributed by atoms with Crippen molar-refractivity contribution in [2.24, 2.45) is 5.92 Å². The van der Waals surface area contributed by atoms with E-state index < -0.39 is 0 Å². The zero-order valence-electron chi connectivity index (χ0n) is 11.2. The lowest BCUT2D eigenvalue weighted by Crippen LogP contribution is -2.13. The van der Waals surface area contributed by atoms with Crippen LogP contribution in [0.2, 0.25) is 0 Å². The lowest BCUT2D eigenvalue weighted by Gasteiger charge is -2.26. The van der Waals surface area contributed by atoms with Crippen LogP contribution in [-0.2, 0) is 6.42 Å². The van der Waals surface area contributed by atoms with Crippen LogP contribution in [0, 0.1) is 5.92 Å². The number of aliphatic hydroxyl groups is 1. The maximum absolute atomic E-state index is 10.0. The van der Waals surface area contributed by atoms with E-state index in [1.165, 1.54) is 47.7 Å². The van der Waals surface area contributed by atoms with Crippen LogP contribution in [0.1, 0.15) is 79.5 Å². The molecule has 1 N–H and O–H groups in total. The molecule has 1 aromatic rings. The number of aryl methyl sites for hydroxylation is 1. The van der Waals surface area contributed by atoms with Gasteiger partial charge in [0, 0.05) is 5.92 Å². The van der Waals surface area contributed by atoms with E-state index in [2.05, 4.69) is 6.92 Å². The normalized spacial score (nSPS) is 32.2. The zero-order valence-corrected chi connectivity index (χ0v) is 12.0. The summed E-state index contributed by atoms with van der Waals surface area (Å²) in [6.07, 6.45) is 9.56. The molecular formula is C15H23NOS. The molecule has 3 atom stereocenters. The summed E-state index contributed by atoms with van der Waals surface area (Å²) >= 11 is 1.80. The topological polar surface area (TPSA) is 33.1 Å². The van der Waals surface area contributed by atoms with Crippen molar-refractivity contribution < 1.29 is 5.11 Å². The second-order valence-electron chi connectivity index (χ2n) is 5.91. The number of fused-ring (bicyclic) bond motifs is 1. The number of rotatable bonds is 2. The Morgan fingerprint density at radius 2 is 2.17 bits per heavy atom. The molecule has 2 aliphatic rings. The van der Waals surface area contributed by atoms with Gasteiger partial charge in [-0.1, -0.05) is 26.2 Å². The van der Waals surface area contributed by atoms with E-state index in [0.717, 1.165) is 25.2 Å². The van der Waals surface area contributed by atoms with E-state index in [0.29, 0.717) is 5.92 Å². The molecule has 3 rings (SSSR count). The van der Waals surface area contributed by atoms with Gasteiger partial charge in [0.2, 0.25) is 0 Å². The molecule has 18 heavy (non-hydrogen) atoms. The Balaban J connectivity index is 1.80. The van der Waals surface area contributed by atoms with Gasteiger partial charge in [-0.05, 0) is 38.0 Å². The number of aromatic nitrogens is 1. The molecule has 0 spiro atoms. The van der Waals surface area contributed by atoms with Crippen molar-refractivity contribution in [3.8, 4) is 0 Å². The molecule has 1 saturated carbocycles. The third-order valence-electron chi connectivity index (χ3n) is 4.65. The summed E-state index contributed by atoms with van der Waals surface area (Å²) in [4.78, 5) is 6.03. The first-order valence-electron chi connectivity index (χ1n) is 7.45. The number of hydrogen-bond acceptors (Lipinski definition) is 3. The van der Waals surface area contributed by atoms with Gasteiger partial charge < -0.3 is 5.11 Å². The van der Waals surface area contributed by atoms with Crippen molar-refractivity contribution in [2.45, 2.75) is 70.3 Å². The predicted octanol–water partition coefficient (Wildman–Crippen LogP) is 4.20. The third-order valence-corrected chi connectivity index (χ3v) is 6.01. The smallest absolute Gasteiger partial charge is 0.0963 e. The Bertz CT molecular complexity index is 415. The first-order chi connectivity index (χ1) is 8.78. The molecule has 2 aliphatic carbocycles. The molecule has 1 fully saturated rings. The third kappa shape index (κ3) is 2.35. The van der Waals surface area contributed by atoms with E-state index in [9.17, 15) is 5.11 Å². The van der Waals surface area contributed by atoms with Crippen LogP contribution in [0.4, 0.5) is 0 Å². The predicted molar refractivity (Wildman–Crippen MR) is 75.0 cm³/mol. The van der Waals surface area contributed by atoms with Gasteiger partial charge >= 0.3 is 0 Å². The summed E-state index contributed by atoms with van der Waals surface area (Å²) in [7, 11) is 0. The number of thiazole rings is 1. The Hall–Kier alpha value is -0.410. The molecule has 3 unspecified atom stereocenters. The molecule has 0 radical (unpaired) electrons. The summed E-state index contributed by atoms with van der Waals surface area (Å²) in [6, 6.07) is 0. The summed E-state index contributed by atoms with van der Waals surface area (Å²) in [5, 5.41) is 11.4. The average molecular weight is 265 g/mol. The molecule has 2 nitrogen and oxygen atoms in total. The van der Waals surface area contributed by atoms with Crippen LogP contribution >= 0.6 is 11.3 Å². The number of nitrogens with zero attached hydrogens (tertiary/aromatic N) is 1. The van der Waals surface area contributed by atoms with Gasteiger partial charge in [0.15, 0.2) is 0 Å². The largest absolute Gasteiger partial charge is 0.388 e. The van der Waals surface area contributed by atoms with Crippen molar-refractivity contribution in [1.29, 1.82) is 0 Å². The minimum Gasteiger partial charge on any atom is -0.388 e.